The number of nitrogens with zero attached hydrogens (tertiary/aromatic N) is 5. The van der Waals surface area contributed by atoms with E-state index in [2.05, 4.69) is 20.3 Å². The molecule has 0 amide bonds. The Kier molecular flexibility index (Phi) is 7.40. The maximum absolute atomic E-state index is 14.2. The van der Waals surface area contributed by atoms with Crippen LogP contribution < -0.4 is 14.8 Å². The smallest absolute Gasteiger partial charge is 0.257 e. The van der Waals surface area contributed by atoms with Gasteiger partial charge in [-0.25, -0.2) is 23.4 Å². The third kappa shape index (κ3) is 5.12. The number of benzene rings is 1. The van der Waals surface area contributed by atoms with Gasteiger partial charge in [-0.3, -0.25) is 5.32 Å². The minimum absolute atomic E-state index is 0.246. The van der Waals surface area contributed by atoms with Crippen molar-refractivity contribution in [2.75, 3.05) is 20.8 Å². The molecule has 0 radical (unpaired) electrons. The van der Waals surface area contributed by atoms with Gasteiger partial charge in [-0.1, -0.05) is 17.7 Å². The number of fused-ring (bicyclic) bond motifs is 2. The third-order valence-electron chi connectivity index (χ3n) is 7.73. The van der Waals surface area contributed by atoms with Crippen molar-refractivity contribution < 1.29 is 17.9 Å². The summed E-state index contributed by atoms with van der Waals surface area (Å²) in [5.41, 5.74) is 6.30. The highest BCUT2D eigenvalue weighted by atomic mass is 32.2. The van der Waals surface area contributed by atoms with Crippen molar-refractivity contribution in [1.29, 1.82) is 0 Å². The van der Waals surface area contributed by atoms with E-state index in [1.54, 1.807) is 51.1 Å². The van der Waals surface area contributed by atoms with E-state index in [0.717, 1.165) is 28.0 Å². The molecule has 12 heteroatoms. The van der Waals surface area contributed by atoms with E-state index in [9.17, 15) is 8.42 Å². The minimum Gasteiger partial charge on any atom is -0.491 e. The first kappa shape index (κ1) is 28.4. The van der Waals surface area contributed by atoms with Crippen LogP contribution in [0.15, 0.2) is 72.3 Å². The number of ether oxygens (including phenoxy) is 2. The molecule has 0 aliphatic heterocycles. The summed E-state index contributed by atoms with van der Waals surface area (Å²) in [6.07, 6.45) is 7.73. The van der Waals surface area contributed by atoms with Crippen LogP contribution in [0, 0.1) is 6.92 Å². The van der Waals surface area contributed by atoms with Crippen LogP contribution in [0.5, 0.6) is 11.6 Å². The van der Waals surface area contributed by atoms with E-state index >= 15 is 0 Å². The van der Waals surface area contributed by atoms with Gasteiger partial charge in [0.1, 0.15) is 16.5 Å². The van der Waals surface area contributed by atoms with Gasteiger partial charge in [-0.05, 0) is 36.8 Å². The monoisotopic (exact) mass is 599 g/mol. The van der Waals surface area contributed by atoms with Crippen LogP contribution in [0.3, 0.4) is 0 Å². The largest absolute Gasteiger partial charge is 0.491 e. The molecule has 222 valence electrons. The van der Waals surface area contributed by atoms with Crippen LogP contribution in [0.2, 0.25) is 0 Å². The van der Waals surface area contributed by atoms with Crippen LogP contribution >= 0.6 is 0 Å². The van der Waals surface area contributed by atoms with Crippen molar-refractivity contribution in [1.82, 2.24) is 34.4 Å². The highest BCUT2D eigenvalue weighted by molar-refractivity contribution is 7.91. The Morgan fingerprint density at radius 3 is 2.53 bits per heavy atom. The Bertz CT molecular complexity index is 2040. The number of aromatic nitrogens is 6. The van der Waals surface area contributed by atoms with E-state index in [1.807, 2.05) is 60.6 Å². The van der Waals surface area contributed by atoms with E-state index in [-0.39, 0.29) is 4.90 Å². The standard InChI is InChI=1S/C31H33N7O4S/c1-19-6-8-21(9-7-19)43(39,40)31(34-12-10-20-16-32-18-38(20)3)22-11-13-33-29-23(22)14-25(35-29)24-17-37(2)26-15-27(41-4)30(42-5)36-28(24)26/h6-9,11,13-18,31,34H,10,12H2,1-5H3,(H,33,35). The van der Waals surface area contributed by atoms with Crippen molar-refractivity contribution in [3.05, 3.63) is 84.2 Å². The molecule has 43 heavy (non-hydrogen) atoms. The van der Waals surface area contributed by atoms with Crippen molar-refractivity contribution >= 4 is 31.9 Å². The average Bonchev–Trinajstić information content (AvgIpc) is 3.71. The summed E-state index contributed by atoms with van der Waals surface area (Å²) in [6.45, 7) is 2.35. The zero-order valence-electron chi connectivity index (χ0n) is 24.6. The molecule has 0 aliphatic rings. The van der Waals surface area contributed by atoms with Gasteiger partial charge in [-0.2, -0.15) is 0 Å². The van der Waals surface area contributed by atoms with Crippen LogP contribution in [0.1, 0.15) is 22.2 Å². The van der Waals surface area contributed by atoms with Crippen LogP contribution in [-0.4, -0.2) is 58.3 Å². The number of aryl methyl sites for hydroxylation is 3. The number of pyridine rings is 2. The molecule has 11 nitrogen and oxygen atoms in total. The lowest BCUT2D eigenvalue weighted by molar-refractivity contribution is 0.344. The molecule has 0 saturated carbocycles. The van der Waals surface area contributed by atoms with Crippen molar-refractivity contribution in [2.45, 2.75) is 23.6 Å². The Morgan fingerprint density at radius 1 is 1.05 bits per heavy atom. The number of hydrogen-bond acceptors (Lipinski definition) is 8. The van der Waals surface area contributed by atoms with Gasteiger partial charge in [0.25, 0.3) is 5.88 Å². The fourth-order valence-corrected chi connectivity index (χ4v) is 7.04. The second-order valence-electron chi connectivity index (χ2n) is 10.5. The summed E-state index contributed by atoms with van der Waals surface area (Å²) < 4.78 is 43.2. The number of sulfone groups is 1. The van der Waals surface area contributed by atoms with E-state index < -0.39 is 15.2 Å². The molecule has 0 aliphatic carbocycles. The van der Waals surface area contributed by atoms with Gasteiger partial charge in [-0.15, -0.1) is 0 Å². The highest BCUT2D eigenvalue weighted by Gasteiger charge is 2.31. The van der Waals surface area contributed by atoms with Gasteiger partial charge in [0.2, 0.25) is 0 Å². The second-order valence-corrected chi connectivity index (χ2v) is 12.5. The van der Waals surface area contributed by atoms with E-state index in [4.69, 9.17) is 14.5 Å². The van der Waals surface area contributed by atoms with Crippen molar-refractivity contribution in [3.8, 4) is 22.9 Å². The number of nitrogens with one attached hydrogen (secondary N) is 2. The van der Waals surface area contributed by atoms with Gasteiger partial charge < -0.3 is 23.6 Å². The zero-order chi connectivity index (χ0) is 30.3. The Balaban J connectivity index is 1.46. The third-order valence-corrected chi connectivity index (χ3v) is 9.70. The molecule has 0 spiro atoms. The highest BCUT2D eigenvalue weighted by Crippen LogP contribution is 2.38. The maximum atomic E-state index is 14.2. The molecular weight excluding hydrogens is 566 g/mol. The van der Waals surface area contributed by atoms with Crippen molar-refractivity contribution in [2.24, 2.45) is 14.1 Å². The van der Waals surface area contributed by atoms with Crippen LogP contribution in [-0.2, 0) is 30.4 Å². The normalized spacial score (nSPS) is 12.7. The molecule has 0 bridgehead atoms. The summed E-state index contributed by atoms with van der Waals surface area (Å²) in [6, 6.07) is 12.5. The summed E-state index contributed by atoms with van der Waals surface area (Å²) in [5.74, 6) is 0.906. The van der Waals surface area contributed by atoms with Gasteiger partial charge in [0.15, 0.2) is 15.6 Å². The van der Waals surface area contributed by atoms with Gasteiger partial charge in [0.05, 0.1) is 36.7 Å². The van der Waals surface area contributed by atoms with Crippen LogP contribution in [0.25, 0.3) is 33.3 Å². The first-order valence-corrected chi connectivity index (χ1v) is 15.3. The first-order valence-electron chi connectivity index (χ1n) is 13.8. The summed E-state index contributed by atoms with van der Waals surface area (Å²) in [4.78, 5) is 17.1. The van der Waals surface area contributed by atoms with Gasteiger partial charge >= 0.3 is 0 Å². The number of aromatic amines is 1. The van der Waals surface area contributed by atoms with Crippen molar-refractivity contribution in [3.63, 3.8) is 0 Å². The quantitative estimate of drug-likeness (QED) is 0.236. The Labute approximate surface area is 249 Å². The summed E-state index contributed by atoms with van der Waals surface area (Å²) in [5, 5.41) is 3.02. The predicted molar refractivity (Wildman–Crippen MR) is 165 cm³/mol. The number of imidazole rings is 1. The molecule has 1 unspecified atom stereocenters. The first-order chi connectivity index (χ1) is 20.7. The molecule has 1 aromatic carbocycles. The Hall–Kier alpha value is -4.68. The number of rotatable bonds is 10. The molecule has 6 rings (SSSR count). The fourth-order valence-electron chi connectivity index (χ4n) is 5.38. The lowest BCUT2D eigenvalue weighted by atomic mass is 10.1. The summed E-state index contributed by atoms with van der Waals surface area (Å²) in [7, 11) is 3.14. The minimum atomic E-state index is -3.84. The number of H-pyrrole nitrogens is 1. The summed E-state index contributed by atoms with van der Waals surface area (Å²) >= 11 is 0. The molecule has 2 N–H and O–H groups in total. The lowest BCUT2D eigenvalue weighted by Crippen LogP contribution is -2.31. The topological polar surface area (TPSA) is 129 Å². The molecule has 0 fully saturated rings. The Morgan fingerprint density at radius 2 is 1.84 bits per heavy atom. The predicted octanol–water partition coefficient (Wildman–Crippen LogP) is 4.48. The lowest BCUT2D eigenvalue weighted by Gasteiger charge is -2.21. The van der Waals surface area contributed by atoms with Gasteiger partial charge in [0, 0.05) is 68.4 Å². The molecule has 0 saturated heterocycles. The fraction of sp³-hybridized carbons (Fsp3) is 0.258. The SMILES string of the molecule is COc1cc2c(nc1OC)c(-c1cc3c(C(NCCc4cncn4C)S(=O)(=O)c4ccc(C)cc4)ccnc3[nH]1)cn2C. The molecule has 6 aromatic rings. The molecule has 1 atom stereocenters. The zero-order valence-corrected chi connectivity index (χ0v) is 25.4. The second kappa shape index (κ2) is 11.2. The number of hydrogen-bond donors (Lipinski definition) is 2. The number of methoxy groups -OCH3 is 2. The average molecular weight is 600 g/mol. The van der Waals surface area contributed by atoms with Crippen LogP contribution in [0.4, 0.5) is 0 Å². The molecule has 5 heterocycles. The van der Waals surface area contributed by atoms with E-state index in [0.29, 0.717) is 46.7 Å². The molecular formula is C31H33N7O4S. The van der Waals surface area contributed by atoms with E-state index in [1.165, 1.54) is 0 Å². The molecule has 5 aromatic heterocycles. The maximum Gasteiger partial charge on any atom is 0.257 e.